The smallest absolute Gasteiger partial charge is 0.355 e. The molecule has 180 valence electrons. The average molecular weight is 485 g/mol. The summed E-state index contributed by atoms with van der Waals surface area (Å²) in [5.74, 6) is -0.610. The van der Waals surface area contributed by atoms with Crippen LogP contribution in [0.4, 0.5) is 0 Å². The summed E-state index contributed by atoms with van der Waals surface area (Å²) in [5, 5.41) is 0.297. The summed E-state index contributed by atoms with van der Waals surface area (Å²) in [6.45, 7) is 9.65. The van der Waals surface area contributed by atoms with Crippen molar-refractivity contribution in [2.75, 3.05) is 6.61 Å². The summed E-state index contributed by atoms with van der Waals surface area (Å²) in [5.41, 5.74) is 2.25. The van der Waals surface area contributed by atoms with Crippen molar-refractivity contribution < 1.29 is 23.5 Å². The molecule has 0 saturated carbocycles. The first-order valence-electron chi connectivity index (χ1n) is 11.2. The number of carbonyl (C=O) groups is 3. The third-order valence-corrected chi connectivity index (χ3v) is 6.25. The summed E-state index contributed by atoms with van der Waals surface area (Å²) in [6, 6.07) is 9.33. The Bertz CT molecular complexity index is 1200. The van der Waals surface area contributed by atoms with Gasteiger partial charge in [-0.3, -0.25) is 9.59 Å². The fraction of sp³-hybridized carbons (Fsp3) is 0.346. The van der Waals surface area contributed by atoms with E-state index in [2.05, 4.69) is 0 Å². The number of furan rings is 1. The normalized spacial score (nSPS) is 11.8. The van der Waals surface area contributed by atoms with Gasteiger partial charge in [0, 0.05) is 17.8 Å². The summed E-state index contributed by atoms with van der Waals surface area (Å²) < 4.78 is 12.5. The van der Waals surface area contributed by atoms with Crippen LogP contribution in [-0.4, -0.2) is 39.8 Å². The van der Waals surface area contributed by atoms with Gasteiger partial charge in [0.1, 0.15) is 11.5 Å². The second kappa shape index (κ2) is 10.7. The molecule has 1 atom stereocenters. The number of ketones is 1. The molecule has 34 heavy (non-hydrogen) atoms. The molecule has 3 rings (SSSR count). The molecule has 1 aromatic carbocycles. The van der Waals surface area contributed by atoms with Gasteiger partial charge in [-0.05, 0) is 64.4 Å². The van der Waals surface area contributed by atoms with Gasteiger partial charge < -0.3 is 18.6 Å². The van der Waals surface area contributed by atoms with E-state index in [4.69, 9.17) is 20.8 Å². The van der Waals surface area contributed by atoms with Gasteiger partial charge in [0.25, 0.3) is 5.91 Å². The molecular weight excluding hydrogens is 456 g/mol. The Morgan fingerprint density at radius 1 is 1.12 bits per heavy atom. The first kappa shape index (κ1) is 25.3. The highest BCUT2D eigenvalue weighted by atomic mass is 35.5. The van der Waals surface area contributed by atoms with E-state index in [1.807, 2.05) is 6.92 Å². The molecule has 0 fully saturated rings. The lowest BCUT2D eigenvalue weighted by atomic mass is 9.99. The monoisotopic (exact) mass is 484 g/mol. The maximum absolute atomic E-state index is 13.8. The van der Waals surface area contributed by atoms with Gasteiger partial charge >= 0.3 is 5.97 Å². The molecule has 1 amide bonds. The van der Waals surface area contributed by atoms with Crippen molar-refractivity contribution in [2.45, 2.75) is 53.8 Å². The Labute approximate surface area is 204 Å². The van der Waals surface area contributed by atoms with Gasteiger partial charge in [0.15, 0.2) is 5.78 Å². The van der Waals surface area contributed by atoms with E-state index < -0.39 is 17.9 Å². The minimum Gasteiger partial charge on any atom is -0.467 e. The van der Waals surface area contributed by atoms with Crippen LogP contribution in [0, 0.1) is 13.8 Å². The lowest BCUT2D eigenvalue weighted by molar-refractivity contribution is 0.0512. The van der Waals surface area contributed by atoms with Gasteiger partial charge in [-0.15, -0.1) is 0 Å². The van der Waals surface area contributed by atoms with Crippen LogP contribution in [0.5, 0.6) is 0 Å². The molecule has 2 aromatic heterocycles. The van der Waals surface area contributed by atoms with Crippen LogP contribution in [0.3, 0.4) is 0 Å². The summed E-state index contributed by atoms with van der Waals surface area (Å²) in [6.07, 6.45) is 1.52. The molecule has 7 nitrogen and oxygen atoms in total. The number of halogens is 1. The van der Waals surface area contributed by atoms with E-state index in [1.54, 1.807) is 68.7 Å². The number of hydrogen-bond donors (Lipinski definition) is 0. The van der Waals surface area contributed by atoms with E-state index in [0.29, 0.717) is 45.4 Å². The van der Waals surface area contributed by atoms with Crippen LogP contribution < -0.4 is 0 Å². The minimum atomic E-state index is -0.853. The van der Waals surface area contributed by atoms with Crippen LogP contribution >= 0.6 is 11.6 Å². The third-order valence-electron chi connectivity index (χ3n) is 5.92. The fourth-order valence-corrected chi connectivity index (χ4v) is 4.43. The van der Waals surface area contributed by atoms with Crippen LogP contribution in [0.15, 0.2) is 47.1 Å². The quantitative estimate of drug-likeness (QED) is 0.297. The van der Waals surface area contributed by atoms with Crippen molar-refractivity contribution in [1.29, 1.82) is 0 Å². The van der Waals surface area contributed by atoms with Crippen LogP contribution in [-0.2, 0) is 17.8 Å². The standard InChI is InChI=1S/C26H29ClN2O5/c1-6-28-17(4)22(16(3)23(28)26(32)33-7-2)24(30)18(5)29(15-19-11-10-14-34-19)25(31)20-12-8-9-13-21(20)27/h8-14,18H,6-7,15H2,1-5H3. The molecule has 0 spiro atoms. The second-order valence-electron chi connectivity index (χ2n) is 7.93. The summed E-state index contributed by atoms with van der Waals surface area (Å²) in [7, 11) is 0. The average Bonchev–Trinajstić information content (AvgIpc) is 3.41. The molecule has 0 N–H and O–H groups in total. The Balaban J connectivity index is 2.05. The van der Waals surface area contributed by atoms with Crippen molar-refractivity contribution in [2.24, 2.45) is 0 Å². The maximum atomic E-state index is 13.8. The molecule has 0 aliphatic rings. The van der Waals surface area contributed by atoms with Crippen LogP contribution in [0.25, 0.3) is 0 Å². The van der Waals surface area contributed by atoms with Crippen LogP contribution in [0.1, 0.15) is 69.0 Å². The predicted molar refractivity (Wildman–Crippen MR) is 129 cm³/mol. The van der Waals surface area contributed by atoms with E-state index in [0.717, 1.165) is 0 Å². The third kappa shape index (κ3) is 4.80. The zero-order valence-corrected chi connectivity index (χ0v) is 20.8. The maximum Gasteiger partial charge on any atom is 0.355 e. The SMILES string of the molecule is CCOC(=O)c1c(C)c(C(=O)C(C)N(Cc2ccco2)C(=O)c2ccccc2Cl)c(C)n1CC. The van der Waals surface area contributed by atoms with Gasteiger partial charge in [0.05, 0.1) is 36.0 Å². The van der Waals surface area contributed by atoms with Gasteiger partial charge in [-0.1, -0.05) is 23.7 Å². The van der Waals surface area contributed by atoms with E-state index in [9.17, 15) is 14.4 Å². The number of benzene rings is 1. The molecule has 0 radical (unpaired) electrons. The lowest BCUT2D eigenvalue weighted by Crippen LogP contribution is -2.43. The number of Topliss-reactive ketones (excluding diaryl/α,β-unsaturated/α-hetero) is 1. The van der Waals surface area contributed by atoms with Gasteiger partial charge in [-0.2, -0.15) is 0 Å². The van der Waals surface area contributed by atoms with Crippen molar-refractivity contribution in [3.63, 3.8) is 0 Å². The van der Waals surface area contributed by atoms with Crippen molar-refractivity contribution >= 4 is 29.3 Å². The van der Waals surface area contributed by atoms with E-state index >= 15 is 0 Å². The van der Waals surface area contributed by atoms with Crippen molar-refractivity contribution in [3.05, 3.63) is 81.5 Å². The number of rotatable bonds is 9. The zero-order chi connectivity index (χ0) is 25.0. The molecule has 1 unspecified atom stereocenters. The molecule has 0 bridgehead atoms. The number of amides is 1. The van der Waals surface area contributed by atoms with Gasteiger partial charge in [-0.25, -0.2) is 4.79 Å². The number of carbonyl (C=O) groups excluding carboxylic acids is 3. The van der Waals surface area contributed by atoms with Crippen LogP contribution in [0.2, 0.25) is 5.02 Å². The molecular formula is C26H29ClN2O5. The van der Waals surface area contributed by atoms with Crippen molar-refractivity contribution in [1.82, 2.24) is 9.47 Å². The molecule has 0 aliphatic carbocycles. The predicted octanol–water partition coefficient (Wildman–Crippen LogP) is 5.46. The fourth-order valence-electron chi connectivity index (χ4n) is 4.21. The van der Waals surface area contributed by atoms with Crippen molar-refractivity contribution in [3.8, 4) is 0 Å². The Morgan fingerprint density at radius 3 is 2.41 bits per heavy atom. The minimum absolute atomic E-state index is 0.0846. The molecule has 3 aromatic rings. The van der Waals surface area contributed by atoms with E-state index in [-0.39, 0.29) is 18.9 Å². The highest BCUT2D eigenvalue weighted by Gasteiger charge is 2.34. The van der Waals surface area contributed by atoms with E-state index in [1.165, 1.54) is 11.2 Å². The topological polar surface area (TPSA) is 81.8 Å². The molecule has 8 heteroatoms. The molecule has 2 heterocycles. The first-order valence-corrected chi connectivity index (χ1v) is 11.6. The summed E-state index contributed by atoms with van der Waals surface area (Å²) >= 11 is 6.29. The Morgan fingerprint density at radius 2 is 1.82 bits per heavy atom. The highest BCUT2D eigenvalue weighted by molar-refractivity contribution is 6.33. The molecule has 0 saturated heterocycles. The Hall–Kier alpha value is -3.32. The second-order valence-corrected chi connectivity index (χ2v) is 8.34. The molecule has 0 aliphatic heterocycles. The number of esters is 1. The Kier molecular flexibility index (Phi) is 7.99. The number of ether oxygens (including phenoxy) is 1. The first-order chi connectivity index (χ1) is 16.2. The number of hydrogen-bond acceptors (Lipinski definition) is 5. The number of aromatic nitrogens is 1. The van der Waals surface area contributed by atoms with Gasteiger partial charge in [0.2, 0.25) is 0 Å². The summed E-state index contributed by atoms with van der Waals surface area (Å²) in [4.78, 5) is 41.4. The highest BCUT2D eigenvalue weighted by Crippen LogP contribution is 2.27. The zero-order valence-electron chi connectivity index (χ0n) is 20.1. The lowest BCUT2D eigenvalue weighted by Gasteiger charge is -2.28. The largest absolute Gasteiger partial charge is 0.467 e. The number of nitrogens with zero attached hydrogens (tertiary/aromatic N) is 2.